The minimum atomic E-state index is 0.428. The van der Waals surface area contributed by atoms with Gasteiger partial charge in [-0.2, -0.15) is 0 Å². The van der Waals surface area contributed by atoms with E-state index >= 15 is 0 Å². The van der Waals surface area contributed by atoms with Crippen LogP contribution in [-0.2, 0) is 0 Å². The first-order valence-electron chi connectivity index (χ1n) is 5.43. The molecule has 80 valence electrons. The fourth-order valence-electron chi connectivity index (χ4n) is 1.63. The molecule has 0 aromatic carbocycles. The molecule has 0 spiro atoms. The van der Waals surface area contributed by atoms with Gasteiger partial charge in [0, 0.05) is 18.4 Å². The van der Waals surface area contributed by atoms with E-state index < -0.39 is 0 Å². The quantitative estimate of drug-likeness (QED) is 0.750. The maximum absolute atomic E-state index is 4.66. The van der Waals surface area contributed by atoms with Crippen LogP contribution in [0.4, 0.5) is 0 Å². The predicted molar refractivity (Wildman–Crippen MR) is 62.0 cm³/mol. The Balaban J connectivity index is 2.61. The summed E-state index contributed by atoms with van der Waals surface area (Å²) in [5.41, 5.74) is 3.03. The van der Waals surface area contributed by atoms with Gasteiger partial charge in [-0.25, -0.2) is 4.98 Å². The molecule has 0 N–H and O–H groups in total. The summed E-state index contributed by atoms with van der Waals surface area (Å²) in [4.78, 5) is 9.08. The van der Waals surface area contributed by atoms with Crippen molar-refractivity contribution in [3.8, 4) is 0 Å². The van der Waals surface area contributed by atoms with Gasteiger partial charge in [0.05, 0.1) is 5.69 Å². The number of fused-ring (bicyclic) bond motifs is 1. The molecule has 0 radical (unpaired) electrons. The van der Waals surface area contributed by atoms with Crippen molar-refractivity contribution in [2.75, 3.05) is 0 Å². The first kappa shape index (κ1) is 10.1. The average Bonchev–Trinajstić information content (AvgIpc) is 2.59. The van der Waals surface area contributed by atoms with Gasteiger partial charge in [-0.3, -0.25) is 4.98 Å². The van der Waals surface area contributed by atoms with Gasteiger partial charge < -0.3 is 4.57 Å². The van der Waals surface area contributed by atoms with Crippen molar-refractivity contribution < 1.29 is 0 Å². The lowest BCUT2D eigenvalue weighted by Gasteiger charge is -2.09. The molecule has 0 fully saturated rings. The lowest BCUT2D eigenvalue weighted by Crippen LogP contribution is -2.02. The van der Waals surface area contributed by atoms with Crippen molar-refractivity contribution in [1.29, 1.82) is 0 Å². The molecule has 3 heteroatoms. The molecule has 0 unspecified atom stereocenters. The number of hydrogen-bond donors (Lipinski definition) is 0. The van der Waals surface area contributed by atoms with Crippen molar-refractivity contribution >= 4 is 11.2 Å². The Morgan fingerprint density at radius 1 is 1.20 bits per heavy atom. The highest BCUT2D eigenvalue weighted by molar-refractivity contribution is 5.71. The number of nitrogens with zero attached hydrogens (tertiary/aromatic N) is 3. The lowest BCUT2D eigenvalue weighted by atomic mass is 10.1. The van der Waals surface area contributed by atoms with Gasteiger partial charge in [0.1, 0.15) is 5.52 Å². The Morgan fingerprint density at radius 3 is 2.53 bits per heavy atom. The molecule has 0 atom stereocenters. The highest BCUT2D eigenvalue weighted by Gasteiger charge is 2.09. The number of hydrogen-bond acceptors (Lipinski definition) is 2. The monoisotopic (exact) mass is 203 g/mol. The molecule has 0 amide bonds. The topological polar surface area (TPSA) is 30.7 Å². The van der Waals surface area contributed by atoms with Crippen LogP contribution in [0.1, 0.15) is 45.3 Å². The van der Waals surface area contributed by atoms with Crippen molar-refractivity contribution in [1.82, 2.24) is 14.5 Å². The van der Waals surface area contributed by atoms with Crippen molar-refractivity contribution in [2.24, 2.45) is 0 Å². The second-order valence-electron chi connectivity index (χ2n) is 4.48. The third kappa shape index (κ3) is 1.74. The summed E-state index contributed by atoms with van der Waals surface area (Å²) in [5, 5.41) is 0. The number of rotatable bonds is 2. The van der Waals surface area contributed by atoms with Gasteiger partial charge in [0.15, 0.2) is 5.65 Å². The van der Waals surface area contributed by atoms with Crippen LogP contribution in [0.2, 0.25) is 0 Å². The Bertz CT molecular complexity index is 469. The molecule has 15 heavy (non-hydrogen) atoms. The third-order valence-corrected chi connectivity index (χ3v) is 2.59. The molecule has 2 rings (SSSR count). The van der Waals surface area contributed by atoms with Crippen molar-refractivity contribution in [3.63, 3.8) is 0 Å². The van der Waals surface area contributed by atoms with Gasteiger partial charge in [-0.15, -0.1) is 0 Å². The third-order valence-electron chi connectivity index (χ3n) is 2.59. The van der Waals surface area contributed by atoms with Crippen LogP contribution < -0.4 is 0 Å². The lowest BCUT2D eigenvalue weighted by molar-refractivity contribution is 0.615. The van der Waals surface area contributed by atoms with Crippen LogP contribution in [0.5, 0.6) is 0 Å². The summed E-state index contributed by atoms with van der Waals surface area (Å²) in [6.07, 6.45) is 3.93. The van der Waals surface area contributed by atoms with E-state index in [1.54, 1.807) is 0 Å². The van der Waals surface area contributed by atoms with Crippen molar-refractivity contribution in [3.05, 3.63) is 24.2 Å². The van der Waals surface area contributed by atoms with E-state index in [1.807, 2.05) is 12.3 Å². The molecule has 2 aromatic heterocycles. The highest BCUT2D eigenvalue weighted by atomic mass is 15.1. The number of aromatic nitrogens is 3. The normalized spacial score (nSPS) is 11.9. The minimum absolute atomic E-state index is 0.428. The van der Waals surface area contributed by atoms with Crippen LogP contribution in [0.25, 0.3) is 11.2 Å². The average molecular weight is 203 g/mol. The highest BCUT2D eigenvalue weighted by Crippen LogP contribution is 2.19. The predicted octanol–water partition coefficient (Wildman–Crippen LogP) is 3.14. The van der Waals surface area contributed by atoms with Crippen LogP contribution in [-0.4, -0.2) is 14.5 Å². The second-order valence-corrected chi connectivity index (χ2v) is 4.48. The van der Waals surface area contributed by atoms with E-state index in [4.69, 9.17) is 0 Å². The standard InChI is InChI=1S/C12H17N3/c1-8(2)11-7-13-10-5-6-15(9(3)4)12(10)14-11/h5-9H,1-4H3. The fraction of sp³-hybridized carbons (Fsp3) is 0.500. The van der Waals surface area contributed by atoms with Crippen LogP contribution in [0.15, 0.2) is 18.5 Å². The molecule has 0 aliphatic carbocycles. The van der Waals surface area contributed by atoms with E-state index in [2.05, 4.69) is 48.4 Å². The van der Waals surface area contributed by atoms with E-state index in [-0.39, 0.29) is 0 Å². The van der Waals surface area contributed by atoms with Crippen LogP contribution >= 0.6 is 0 Å². The molecule has 0 aliphatic rings. The Labute approximate surface area is 90.2 Å². The minimum Gasteiger partial charge on any atom is -0.329 e. The first-order chi connectivity index (χ1) is 7.09. The molecule has 0 saturated heterocycles. The van der Waals surface area contributed by atoms with E-state index in [0.717, 1.165) is 16.9 Å². The van der Waals surface area contributed by atoms with E-state index in [1.165, 1.54) is 0 Å². The smallest absolute Gasteiger partial charge is 0.159 e. The first-order valence-corrected chi connectivity index (χ1v) is 5.43. The maximum Gasteiger partial charge on any atom is 0.159 e. The zero-order valence-corrected chi connectivity index (χ0v) is 9.73. The summed E-state index contributed by atoms with van der Waals surface area (Å²) in [7, 11) is 0. The molecule has 3 nitrogen and oxygen atoms in total. The summed E-state index contributed by atoms with van der Waals surface area (Å²) in [5.74, 6) is 0.428. The Kier molecular flexibility index (Phi) is 2.47. The Morgan fingerprint density at radius 2 is 1.93 bits per heavy atom. The maximum atomic E-state index is 4.66. The summed E-state index contributed by atoms with van der Waals surface area (Å²) < 4.78 is 2.16. The van der Waals surface area contributed by atoms with E-state index in [0.29, 0.717) is 12.0 Å². The van der Waals surface area contributed by atoms with Crippen LogP contribution in [0.3, 0.4) is 0 Å². The second kappa shape index (κ2) is 3.65. The van der Waals surface area contributed by atoms with Gasteiger partial charge in [-0.05, 0) is 25.8 Å². The molecule has 2 heterocycles. The molecule has 2 aromatic rings. The molecular weight excluding hydrogens is 186 g/mol. The zero-order valence-electron chi connectivity index (χ0n) is 9.73. The summed E-state index contributed by atoms with van der Waals surface area (Å²) >= 11 is 0. The van der Waals surface area contributed by atoms with Gasteiger partial charge in [-0.1, -0.05) is 13.8 Å². The fourth-order valence-corrected chi connectivity index (χ4v) is 1.63. The van der Waals surface area contributed by atoms with Gasteiger partial charge >= 0.3 is 0 Å². The van der Waals surface area contributed by atoms with E-state index in [9.17, 15) is 0 Å². The zero-order chi connectivity index (χ0) is 11.0. The summed E-state index contributed by atoms with van der Waals surface area (Å²) in [6.45, 7) is 8.59. The molecule has 0 bridgehead atoms. The van der Waals surface area contributed by atoms with Gasteiger partial charge in [0.25, 0.3) is 0 Å². The molecule has 0 saturated carbocycles. The Hall–Kier alpha value is -1.38. The summed E-state index contributed by atoms with van der Waals surface area (Å²) in [6, 6.07) is 2.45. The molecular formula is C12H17N3. The SMILES string of the molecule is CC(C)c1cnc2ccn(C(C)C)c2n1. The largest absolute Gasteiger partial charge is 0.329 e. The van der Waals surface area contributed by atoms with Crippen molar-refractivity contribution in [2.45, 2.75) is 39.7 Å². The molecule has 0 aliphatic heterocycles. The van der Waals surface area contributed by atoms with Gasteiger partial charge in [0.2, 0.25) is 0 Å². The van der Waals surface area contributed by atoms with Crippen LogP contribution in [0, 0.1) is 0 Å².